The van der Waals surface area contributed by atoms with Gasteiger partial charge in [0.25, 0.3) is 0 Å². The lowest BCUT2D eigenvalue weighted by Gasteiger charge is -2.29. The molecule has 86 valence electrons. The molecule has 0 saturated carbocycles. The summed E-state index contributed by atoms with van der Waals surface area (Å²) >= 11 is 0. The van der Waals surface area contributed by atoms with Crippen LogP contribution in [0.15, 0.2) is 0 Å². The molecule has 14 heavy (non-hydrogen) atoms. The Labute approximate surface area is 89.7 Å². The van der Waals surface area contributed by atoms with Gasteiger partial charge >= 0.3 is 0 Å². The fourth-order valence-corrected chi connectivity index (χ4v) is 1.78. The number of rotatable bonds is 8. The predicted molar refractivity (Wildman–Crippen MR) is 61.9 cm³/mol. The first-order valence-electron chi connectivity index (χ1n) is 5.22. The molecule has 0 fully saturated rings. The van der Waals surface area contributed by atoms with Gasteiger partial charge in [-0.3, -0.25) is 4.21 Å². The molecule has 1 unspecified atom stereocenters. The zero-order valence-corrected chi connectivity index (χ0v) is 10.3. The average Bonchev–Trinajstić information content (AvgIpc) is 2.19. The van der Waals surface area contributed by atoms with Gasteiger partial charge in [-0.1, -0.05) is 13.8 Å². The van der Waals surface area contributed by atoms with Crippen LogP contribution in [0.5, 0.6) is 0 Å². The molecule has 0 heterocycles. The smallest absolute Gasteiger partial charge is 0.0499 e. The maximum atomic E-state index is 10.8. The molecule has 0 aliphatic heterocycles. The first-order valence-corrected chi connectivity index (χ1v) is 6.94. The third-order valence-corrected chi connectivity index (χ3v) is 3.68. The van der Waals surface area contributed by atoms with E-state index in [-0.39, 0.29) is 12.0 Å². The molecule has 0 rings (SSSR count). The second-order valence-corrected chi connectivity index (χ2v) is 5.37. The maximum Gasteiger partial charge on any atom is 0.0499 e. The van der Waals surface area contributed by atoms with E-state index in [1.165, 1.54) is 0 Å². The molecule has 0 amide bonds. The van der Waals surface area contributed by atoms with Gasteiger partial charge in [0.1, 0.15) is 0 Å². The predicted octanol–water partition coefficient (Wildman–Crippen LogP) is 0.753. The summed E-state index contributed by atoms with van der Waals surface area (Å²) in [5.74, 6) is 0.689. The van der Waals surface area contributed by atoms with Crippen LogP contribution in [-0.4, -0.2) is 41.0 Å². The van der Waals surface area contributed by atoms with Gasteiger partial charge in [0.15, 0.2) is 0 Å². The lowest BCUT2D eigenvalue weighted by molar-refractivity contribution is 0.114. The van der Waals surface area contributed by atoms with Gasteiger partial charge in [-0.05, 0) is 12.8 Å². The van der Waals surface area contributed by atoms with Gasteiger partial charge in [-0.2, -0.15) is 0 Å². The van der Waals surface area contributed by atoms with Crippen LogP contribution in [0, 0.1) is 5.41 Å². The summed E-state index contributed by atoms with van der Waals surface area (Å²) < 4.78 is 10.8. The van der Waals surface area contributed by atoms with E-state index in [1.54, 1.807) is 6.26 Å². The Hall–Kier alpha value is 0.0700. The third-order valence-electron chi connectivity index (χ3n) is 2.90. The zero-order chi connectivity index (χ0) is 11.0. The molecule has 0 spiro atoms. The molecule has 4 heteroatoms. The number of hydrogen-bond acceptors (Lipinski definition) is 3. The molecule has 0 aliphatic rings. The molecule has 0 aromatic carbocycles. The summed E-state index contributed by atoms with van der Waals surface area (Å²) in [5.41, 5.74) is 0.00916. The van der Waals surface area contributed by atoms with Crippen LogP contribution in [0.4, 0.5) is 0 Å². The minimum absolute atomic E-state index is 0.00916. The fourth-order valence-electron chi connectivity index (χ4n) is 1.35. The Kier molecular flexibility index (Phi) is 7.41. The van der Waals surface area contributed by atoms with E-state index in [0.717, 1.165) is 25.9 Å². The van der Waals surface area contributed by atoms with E-state index in [2.05, 4.69) is 19.2 Å². The van der Waals surface area contributed by atoms with E-state index in [4.69, 9.17) is 0 Å². The molecule has 2 N–H and O–H groups in total. The fraction of sp³-hybridized carbons (Fsp3) is 1.00. The number of hydrogen-bond donors (Lipinski definition) is 2. The molecule has 0 aromatic heterocycles. The van der Waals surface area contributed by atoms with E-state index < -0.39 is 10.8 Å². The Morgan fingerprint density at radius 1 is 1.36 bits per heavy atom. The number of aliphatic hydroxyl groups excluding tert-OH is 1. The number of aliphatic hydroxyl groups is 1. The summed E-state index contributed by atoms with van der Waals surface area (Å²) in [6.45, 7) is 6.00. The van der Waals surface area contributed by atoms with E-state index in [0.29, 0.717) is 5.75 Å². The largest absolute Gasteiger partial charge is 0.396 e. The van der Waals surface area contributed by atoms with Crippen LogP contribution in [0.2, 0.25) is 0 Å². The normalized spacial score (nSPS) is 14.3. The van der Waals surface area contributed by atoms with E-state index >= 15 is 0 Å². The Bertz CT molecular complexity index is 161. The zero-order valence-electron chi connectivity index (χ0n) is 9.51. The lowest BCUT2D eigenvalue weighted by atomic mass is 9.83. The molecule has 0 radical (unpaired) electrons. The molecular formula is C10H23NO2S. The van der Waals surface area contributed by atoms with Gasteiger partial charge in [0, 0.05) is 47.9 Å². The van der Waals surface area contributed by atoms with Crippen LogP contribution in [0.25, 0.3) is 0 Å². The number of nitrogens with one attached hydrogen (secondary N) is 1. The Balaban J connectivity index is 3.77. The minimum Gasteiger partial charge on any atom is -0.396 e. The van der Waals surface area contributed by atoms with Crippen molar-refractivity contribution in [2.45, 2.75) is 26.7 Å². The van der Waals surface area contributed by atoms with Crippen molar-refractivity contribution in [1.29, 1.82) is 0 Å². The van der Waals surface area contributed by atoms with Crippen LogP contribution in [0.3, 0.4) is 0 Å². The third kappa shape index (κ3) is 5.08. The monoisotopic (exact) mass is 221 g/mol. The van der Waals surface area contributed by atoms with Crippen LogP contribution >= 0.6 is 0 Å². The summed E-state index contributed by atoms with van der Waals surface area (Å²) in [6.07, 6.45) is 3.66. The van der Waals surface area contributed by atoms with Gasteiger partial charge < -0.3 is 10.4 Å². The van der Waals surface area contributed by atoms with Gasteiger partial charge in [0.2, 0.25) is 0 Å². The highest BCUT2D eigenvalue weighted by molar-refractivity contribution is 7.84. The summed E-state index contributed by atoms with van der Waals surface area (Å²) in [4.78, 5) is 0. The molecule has 0 bridgehead atoms. The molecule has 3 nitrogen and oxygen atoms in total. The highest BCUT2D eigenvalue weighted by Gasteiger charge is 2.24. The quantitative estimate of drug-likeness (QED) is 0.595. The van der Waals surface area contributed by atoms with Crippen molar-refractivity contribution in [2.75, 3.05) is 31.7 Å². The first kappa shape index (κ1) is 14.1. The van der Waals surface area contributed by atoms with Crippen molar-refractivity contribution in [2.24, 2.45) is 5.41 Å². The summed E-state index contributed by atoms with van der Waals surface area (Å²) in [6, 6.07) is 0. The second-order valence-electron chi connectivity index (χ2n) is 3.82. The first-order chi connectivity index (χ1) is 6.60. The molecular weight excluding hydrogens is 198 g/mol. The lowest BCUT2D eigenvalue weighted by Crippen LogP contribution is -2.37. The Morgan fingerprint density at radius 2 is 1.93 bits per heavy atom. The average molecular weight is 221 g/mol. The van der Waals surface area contributed by atoms with Crippen molar-refractivity contribution >= 4 is 10.8 Å². The summed E-state index contributed by atoms with van der Waals surface area (Å²) in [7, 11) is -0.725. The van der Waals surface area contributed by atoms with Crippen molar-refractivity contribution < 1.29 is 9.32 Å². The SMILES string of the molecule is CCC(CC)(CO)CNCCS(C)=O. The highest BCUT2D eigenvalue weighted by atomic mass is 32.2. The van der Waals surface area contributed by atoms with Crippen LogP contribution in [-0.2, 0) is 10.8 Å². The van der Waals surface area contributed by atoms with Crippen molar-refractivity contribution in [3.8, 4) is 0 Å². The maximum absolute atomic E-state index is 10.8. The molecule has 0 aromatic rings. The van der Waals surface area contributed by atoms with Crippen LogP contribution in [0.1, 0.15) is 26.7 Å². The summed E-state index contributed by atoms with van der Waals surface area (Å²) in [5, 5.41) is 12.5. The van der Waals surface area contributed by atoms with Crippen molar-refractivity contribution in [1.82, 2.24) is 5.32 Å². The van der Waals surface area contributed by atoms with Crippen LogP contribution < -0.4 is 5.32 Å². The molecule has 1 atom stereocenters. The van der Waals surface area contributed by atoms with E-state index in [9.17, 15) is 9.32 Å². The Morgan fingerprint density at radius 3 is 2.29 bits per heavy atom. The second kappa shape index (κ2) is 7.37. The minimum atomic E-state index is -0.725. The van der Waals surface area contributed by atoms with E-state index in [1.807, 2.05) is 0 Å². The van der Waals surface area contributed by atoms with Gasteiger partial charge in [0.05, 0.1) is 0 Å². The highest BCUT2D eigenvalue weighted by Crippen LogP contribution is 2.24. The van der Waals surface area contributed by atoms with Gasteiger partial charge in [-0.25, -0.2) is 0 Å². The van der Waals surface area contributed by atoms with Crippen molar-refractivity contribution in [3.05, 3.63) is 0 Å². The topological polar surface area (TPSA) is 49.3 Å². The van der Waals surface area contributed by atoms with Gasteiger partial charge in [-0.15, -0.1) is 0 Å². The molecule has 0 aliphatic carbocycles. The standard InChI is InChI=1S/C10H23NO2S/c1-4-10(5-2,9-12)8-11-6-7-14(3)13/h11-12H,4-9H2,1-3H3. The molecule has 0 saturated heterocycles. The van der Waals surface area contributed by atoms with Crippen molar-refractivity contribution in [3.63, 3.8) is 0 Å².